The fraction of sp³-hybridized carbons (Fsp3) is 1.00. The summed E-state index contributed by atoms with van der Waals surface area (Å²) in [5.41, 5.74) is 0. The van der Waals surface area contributed by atoms with Crippen molar-refractivity contribution in [3.8, 4) is 0 Å². The third kappa shape index (κ3) is 38.1. The molecule has 0 aliphatic carbocycles. The molecule has 0 aliphatic rings. The predicted molar refractivity (Wildman–Crippen MR) is 81.1 cm³/mol. The van der Waals surface area contributed by atoms with Gasteiger partial charge in [-0.3, -0.25) is 0 Å². The molecule has 0 heterocycles. The summed E-state index contributed by atoms with van der Waals surface area (Å²) in [6.45, 7) is 2.18. The molecule has 0 N–H and O–H groups in total. The van der Waals surface area contributed by atoms with E-state index in [1.807, 2.05) is 0 Å². The van der Waals surface area contributed by atoms with Crippen molar-refractivity contribution in [2.24, 2.45) is 0 Å². The Morgan fingerprint density at radius 1 is 0.789 bits per heavy atom. The zero-order valence-electron chi connectivity index (χ0n) is 13.4. The summed E-state index contributed by atoms with van der Waals surface area (Å²) in [7, 11) is 4.52. The van der Waals surface area contributed by atoms with Crippen LogP contribution in [0.15, 0.2) is 0 Å². The van der Waals surface area contributed by atoms with Gasteiger partial charge >= 0.3 is 0 Å². The van der Waals surface area contributed by atoms with Gasteiger partial charge in [0.1, 0.15) is 0 Å². The van der Waals surface area contributed by atoms with Gasteiger partial charge in [-0.25, -0.2) is 8.42 Å². The Hall–Kier alpha value is -0.130. The molecule has 5 heteroatoms. The van der Waals surface area contributed by atoms with Crippen LogP contribution in [-0.2, 0) is 10.1 Å². The van der Waals surface area contributed by atoms with Crippen LogP contribution in [0.1, 0.15) is 58.3 Å². The SMILES string of the molecule is CCCCCCCCCCS(=O)(=O)[O-].C[N+](C)(C)C. The van der Waals surface area contributed by atoms with E-state index in [1.54, 1.807) is 0 Å². The summed E-state index contributed by atoms with van der Waals surface area (Å²) in [5.74, 6) is -0.193. The van der Waals surface area contributed by atoms with E-state index in [2.05, 4.69) is 35.1 Å². The highest BCUT2D eigenvalue weighted by atomic mass is 32.2. The Bertz CT molecular complexity index is 276. The molecule has 0 aliphatic heterocycles. The lowest BCUT2D eigenvalue weighted by Crippen LogP contribution is -2.27. The molecule has 118 valence electrons. The van der Waals surface area contributed by atoms with Gasteiger partial charge in [-0.05, 0) is 6.42 Å². The first kappa shape index (κ1) is 21.2. The van der Waals surface area contributed by atoms with E-state index in [0.717, 1.165) is 17.3 Å². The lowest BCUT2D eigenvalue weighted by atomic mass is 10.1. The summed E-state index contributed by atoms with van der Waals surface area (Å²) in [5, 5.41) is 0. The molecule has 0 spiro atoms. The topological polar surface area (TPSA) is 57.2 Å². The molecule has 0 aromatic carbocycles. The number of quaternary nitrogens is 1. The van der Waals surface area contributed by atoms with E-state index in [4.69, 9.17) is 0 Å². The summed E-state index contributed by atoms with van der Waals surface area (Å²) < 4.78 is 31.7. The molecule has 4 nitrogen and oxygen atoms in total. The highest BCUT2D eigenvalue weighted by Crippen LogP contribution is 2.08. The average Bonchev–Trinajstić information content (AvgIpc) is 2.18. The van der Waals surface area contributed by atoms with Gasteiger partial charge in [0.15, 0.2) is 0 Å². The minimum atomic E-state index is -3.98. The van der Waals surface area contributed by atoms with Crippen molar-refractivity contribution in [3.63, 3.8) is 0 Å². The zero-order chi connectivity index (χ0) is 15.4. The van der Waals surface area contributed by atoms with Crippen LogP contribution < -0.4 is 0 Å². The maximum Gasteiger partial charge on any atom is 0.0945 e. The molecule has 0 saturated heterocycles. The van der Waals surface area contributed by atoms with Gasteiger partial charge < -0.3 is 9.04 Å². The van der Waals surface area contributed by atoms with Gasteiger partial charge in [-0.15, -0.1) is 0 Å². The number of unbranched alkanes of at least 4 members (excludes halogenated alkanes) is 7. The van der Waals surface area contributed by atoms with Crippen molar-refractivity contribution in [2.75, 3.05) is 33.9 Å². The molecule has 0 fully saturated rings. The molecule has 0 aromatic heterocycles. The van der Waals surface area contributed by atoms with Crippen LogP contribution in [0.5, 0.6) is 0 Å². The maximum atomic E-state index is 10.2. The Balaban J connectivity index is 0. The van der Waals surface area contributed by atoms with Crippen molar-refractivity contribution in [1.29, 1.82) is 0 Å². The first-order chi connectivity index (χ1) is 8.56. The van der Waals surface area contributed by atoms with Crippen LogP contribution in [0, 0.1) is 0 Å². The minimum absolute atomic E-state index is 0.193. The van der Waals surface area contributed by atoms with Crippen molar-refractivity contribution >= 4 is 10.1 Å². The van der Waals surface area contributed by atoms with Crippen LogP contribution in [0.2, 0.25) is 0 Å². The van der Waals surface area contributed by atoms with Crippen LogP contribution >= 0.6 is 0 Å². The molecule has 0 unspecified atom stereocenters. The van der Waals surface area contributed by atoms with E-state index < -0.39 is 10.1 Å². The number of hydrogen-bond donors (Lipinski definition) is 0. The quantitative estimate of drug-likeness (QED) is 0.373. The monoisotopic (exact) mass is 295 g/mol. The van der Waals surface area contributed by atoms with Crippen LogP contribution in [0.4, 0.5) is 0 Å². The van der Waals surface area contributed by atoms with Crippen molar-refractivity contribution < 1.29 is 17.5 Å². The Morgan fingerprint density at radius 2 is 1.11 bits per heavy atom. The van der Waals surface area contributed by atoms with E-state index in [0.29, 0.717) is 6.42 Å². The number of hydrogen-bond acceptors (Lipinski definition) is 3. The molecule has 0 bridgehead atoms. The van der Waals surface area contributed by atoms with Crippen molar-refractivity contribution in [2.45, 2.75) is 58.3 Å². The van der Waals surface area contributed by atoms with E-state index in [-0.39, 0.29) is 5.75 Å². The zero-order valence-corrected chi connectivity index (χ0v) is 14.3. The van der Waals surface area contributed by atoms with Gasteiger partial charge in [0.05, 0.1) is 38.3 Å². The number of nitrogens with zero attached hydrogens (tertiary/aromatic N) is 1. The normalized spacial score (nSPS) is 11.9. The second kappa shape index (κ2) is 11.7. The molecule has 0 saturated carbocycles. The smallest absolute Gasteiger partial charge is 0.0945 e. The van der Waals surface area contributed by atoms with Crippen molar-refractivity contribution in [1.82, 2.24) is 0 Å². The Labute approximate surface area is 120 Å². The molecule has 0 aromatic rings. The molecule has 19 heavy (non-hydrogen) atoms. The number of rotatable bonds is 9. The summed E-state index contributed by atoms with van der Waals surface area (Å²) in [4.78, 5) is 0. The fourth-order valence-electron chi connectivity index (χ4n) is 1.41. The first-order valence-corrected chi connectivity index (χ1v) is 8.86. The fourth-order valence-corrected chi connectivity index (χ4v) is 1.97. The molecule has 0 rings (SSSR count). The van der Waals surface area contributed by atoms with Gasteiger partial charge in [-0.1, -0.05) is 51.9 Å². The summed E-state index contributed by atoms with van der Waals surface area (Å²) in [6, 6.07) is 0. The largest absolute Gasteiger partial charge is 0.748 e. The summed E-state index contributed by atoms with van der Waals surface area (Å²) >= 11 is 0. The highest BCUT2D eigenvalue weighted by molar-refractivity contribution is 7.85. The maximum absolute atomic E-state index is 10.2. The minimum Gasteiger partial charge on any atom is -0.748 e. The van der Waals surface area contributed by atoms with Gasteiger partial charge in [0.2, 0.25) is 0 Å². The summed E-state index contributed by atoms with van der Waals surface area (Å²) in [6.07, 6.45) is 8.66. The second-order valence-electron chi connectivity index (χ2n) is 6.42. The lowest BCUT2D eigenvalue weighted by Gasteiger charge is -2.14. The van der Waals surface area contributed by atoms with Crippen LogP contribution in [-0.4, -0.2) is 51.4 Å². The molecule has 0 radical (unpaired) electrons. The van der Waals surface area contributed by atoms with E-state index in [9.17, 15) is 13.0 Å². The van der Waals surface area contributed by atoms with Gasteiger partial charge in [-0.2, -0.15) is 0 Å². The van der Waals surface area contributed by atoms with Crippen LogP contribution in [0.3, 0.4) is 0 Å². The Kier molecular flexibility index (Phi) is 13.0. The van der Waals surface area contributed by atoms with Gasteiger partial charge in [0.25, 0.3) is 0 Å². The van der Waals surface area contributed by atoms with Crippen LogP contribution in [0.25, 0.3) is 0 Å². The molecule has 0 atom stereocenters. The third-order valence-corrected chi connectivity index (χ3v) is 3.04. The molecular weight excluding hydrogens is 262 g/mol. The lowest BCUT2D eigenvalue weighted by molar-refractivity contribution is -0.849. The van der Waals surface area contributed by atoms with E-state index in [1.165, 1.54) is 32.1 Å². The molecule has 0 amide bonds. The van der Waals surface area contributed by atoms with Gasteiger partial charge in [0, 0.05) is 5.75 Å². The highest BCUT2D eigenvalue weighted by Gasteiger charge is 1.95. The average molecular weight is 295 g/mol. The van der Waals surface area contributed by atoms with E-state index >= 15 is 0 Å². The predicted octanol–water partition coefficient (Wildman–Crippen LogP) is 2.99. The third-order valence-electron chi connectivity index (χ3n) is 2.25. The Morgan fingerprint density at radius 3 is 1.42 bits per heavy atom. The second-order valence-corrected chi connectivity index (χ2v) is 7.94. The standard InChI is InChI=1S/C10H22O3S.C4H12N/c1-2-3-4-5-6-7-8-9-10-14(11,12)13;1-5(2,3)4/h2-10H2,1H3,(H,11,12,13);1-4H3/q;+1/p-1. The first-order valence-electron chi connectivity index (χ1n) is 7.28. The van der Waals surface area contributed by atoms with Crippen molar-refractivity contribution in [3.05, 3.63) is 0 Å². The molecular formula is C14H33NO3S.